The maximum Gasteiger partial charge on any atom is 0.417 e. The minimum Gasteiger partial charge on any atom is -0.371 e. The third-order valence-corrected chi connectivity index (χ3v) is 3.67. The summed E-state index contributed by atoms with van der Waals surface area (Å²) in [4.78, 5) is 0. The van der Waals surface area contributed by atoms with E-state index in [0.29, 0.717) is 11.5 Å². The van der Waals surface area contributed by atoms with E-state index in [4.69, 9.17) is 8.37 Å². The summed E-state index contributed by atoms with van der Waals surface area (Å²) < 4.78 is 23.7. The molecule has 0 amide bonds. The first-order valence-electron chi connectivity index (χ1n) is 4.93. The van der Waals surface area contributed by atoms with Crippen LogP contribution in [0.5, 0.6) is 11.5 Å². The van der Waals surface area contributed by atoms with Crippen molar-refractivity contribution in [1.29, 1.82) is 0 Å². The van der Waals surface area contributed by atoms with Gasteiger partial charge in [-0.15, -0.1) is 0 Å². The van der Waals surface area contributed by atoms with E-state index in [1.54, 1.807) is 48.5 Å². The Bertz CT molecular complexity index is 491. The summed E-state index contributed by atoms with van der Waals surface area (Å²) in [5.74, 6) is 0.960. The van der Waals surface area contributed by atoms with Crippen molar-refractivity contribution in [2.45, 2.75) is 0 Å². The predicted molar refractivity (Wildman–Crippen MR) is 77.7 cm³/mol. The topological polar surface area (TPSA) is 35.5 Å². The Labute approximate surface area is 124 Å². The Morgan fingerprint density at radius 1 is 0.722 bits per heavy atom. The number of halogens is 2. The third kappa shape index (κ3) is 4.12. The van der Waals surface area contributed by atoms with Crippen LogP contribution in [-0.2, 0) is 11.4 Å². The highest BCUT2D eigenvalue weighted by molar-refractivity contribution is 9.10. The van der Waals surface area contributed by atoms with Gasteiger partial charge in [0, 0.05) is 8.95 Å². The van der Waals surface area contributed by atoms with Crippen molar-refractivity contribution in [3.05, 3.63) is 57.5 Å². The molecule has 0 saturated heterocycles. The van der Waals surface area contributed by atoms with Crippen LogP contribution in [0.1, 0.15) is 0 Å². The fraction of sp³-hybridized carbons (Fsp3) is 0. The Morgan fingerprint density at radius 2 is 1.06 bits per heavy atom. The van der Waals surface area contributed by atoms with Crippen molar-refractivity contribution in [1.82, 2.24) is 0 Å². The maximum absolute atomic E-state index is 11.6. The molecule has 0 bridgehead atoms. The molecule has 0 saturated carbocycles. The molecule has 3 nitrogen and oxygen atoms in total. The van der Waals surface area contributed by atoms with Gasteiger partial charge in [0.1, 0.15) is 11.5 Å². The third-order valence-electron chi connectivity index (χ3n) is 1.96. The van der Waals surface area contributed by atoms with E-state index in [-0.39, 0.29) is 0 Å². The zero-order chi connectivity index (χ0) is 13.0. The van der Waals surface area contributed by atoms with Gasteiger partial charge in [-0.3, -0.25) is 0 Å². The molecule has 2 aromatic rings. The van der Waals surface area contributed by atoms with Gasteiger partial charge in [0.2, 0.25) is 0 Å². The summed E-state index contributed by atoms with van der Waals surface area (Å²) in [7, 11) is 0. The first kappa shape index (κ1) is 13.6. The Balaban J connectivity index is 1.96. The zero-order valence-corrected chi connectivity index (χ0v) is 13.0. The van der Waals surface area contributed by atoms with Crippen LogP contribution in [0.4, 0.5) is 0 Å². The molecule has 0 radical (unpaired) electrons. The highest BCUT2D eigenvalue weighted by Gasteiger charge is 2.05. The molecule has 2 rings (SSSR count). The fourth-order valence-electron chi connectivity index (χ4n) is 1.15. The molecule has 0 aliphatic heterocycles. The molecule has 0 aliphatic carbocycles. The Hall–Kier alpha value is -0.850. The van der Waals surface area contributed by atoms with E-state index < -0.39 is 11.4 Å². The molecule has 0 spiro atoms. The van der Waals surface area contributed by atoms with Crippen LogP contribution in [0.3, 0.4) is 0 Å². The second kappa shape index (κ2) is 6.36. The summed E-state index contributed by atoms with van der Waals surface area (Å²) >= 11 is 4.74. The molecular formula is C12H8Br2O3S. The van der Waals surface area contributed by atoms with E-state index in [1.807, 2.05) is 0 Å². The van der Waals surface area contributed by atoms with Gasteiger partial charge in [-0.25, -0.2) is 0 Å². The van der Waals surface area contributed by atoms with Gasteiger partial charge >= 0.3 is 11.4 Å². The van der Waals surface area contributed by atoms with E-state index in [9.17, 15) is 4.21 Å². The fourth-order valence-corrected chi connectivity index (χ4v) is 2.25. The van der Waals surface area contributed by atoms with Crippen molar-refractivity contribution in [2.24, 2.45) is 0 Å². The van der Waals surface area contributed by atoms with Crippen LogP contribution in [0.15, 0.2) is 57.5 Å². The van der Waals surface area contributed by atoms with Gasteiger partial charge in [0.25, 0.3) is 0 Å². The first-order valence-corrected chi connectivity index (χ1v) is 7.51. The number of hydrogen-bond acceptors (Lipinski definition) is 3. The molecule has 0 aromatic heterocycles. The lowest BCUT2D eigenvalue weighted by molar-refractivity contribution is 0.461. The first-order chi connectivity index (χ1) is 8.63. The number of rotatable bonds is 4. The highest BCUT2D eigenvalue weighted by Crippen LogP contribution is 2.20. The van der Waals surface area contributed by atoms with Crippen LogP contribution < -0.4 is 8.37 Å². The van der Waals surface area contributed by atoms with Gasteiger partial charge in [0.15, 0.2) is 0 Å². The molecule has 0 unspecified atom stereocenters. The minimum atomic E-state index is -1.87. The molecular weight excluding hydrogens is 384 g/mol. The molecule has 0 aliphatic rings. The van der Waals surface area contributed by atoms with E-state index in [0.717, 1.165) is 8.95 Å². The average molecular weight is 392 g/mol. The zero-order valence-electron chi connectivity index (χ0n) is 9.01. The van der Waals surface area contributed by atoms with Crippen molar-refractivity contribution >= 4 is 43.2 Å². The van der Waals surface area contributed by atoms with E-state index in [2.05, 4.69) is 31.9 Å². The van der Waals surface area contributed by atoms with Crippen LogP contribution >= 0.6 is 31.9 Å². The van der Waals surface area contributed by atoms with Gasteiger partial charge < -0.3 is 8.37 Å². The number of hydrogen-bond donors (Lipinski definition) is 0. The summed E-state index contributed by atoms with van der Waals surface area (Å²) in [6.07, 6.45) is 0. The Morgan fingerprint density at radius 3 is 1.39 bits per heavy atom. The lowest BCUT2D eigenvalue weighted by Crippen LogP contribution is -2.07. The molecule has 94 valence electrons. The van der Waals surface area contributed by atoms with Gasteiger partial charge in [-0.05, 0) is 48.5 Å². The Kier molecular flexibility index (Phi) is 4.79. The van der Waals surface area contributed by atoms with Crippen molar-refractivity contribution in [3.63, 3.8) is 0 Å². The summed E-state index contributed by atoms with van der Waals surface area (Å²) in [6, 6.07) is 14.0. The summed E-state index contributed by atoms with van der Waals surface area (Å²) in [6.45, 7) is 0. The molecule has 0 fully saturated rings. The van der Waals surface area contributed by atoms with Crippen LogP contribution in [-0.4, -0.2) is 4.21 Å². The van der Waals surface area contributed by atoms with Crippen molar-refractivity contribution < 1.29 is 12.6 Å². The van der Waals surface area contributed by atoms with Gasteiger partial charge in [-0.1, -0.05) is 31.9 Å². The van der Waals surface area contributed by atoms with Gasteiger partial charge in [-0.2, -0.15) is 4.21 Å². The summed E-state index contributed by atoms with van der Waals surface area (Å²) in [5.41, 5.74) is 0. The quantitative estimate of drug-likeness (QED) is 0.781. The molecule has 18 heavy (non-hydrogen) atoms. The van der Waals surface area contributed by atoms with E-state index >= 15 is 0 Å². The largest absolute Gasteiger partial charge is 0.417 e. The molecule has 0 N–H and O–H groups in total. The average Bonchev–Trinajstić information content (AvgIpc) is 2.35. The van der Waals surface area contributed by atoms with Crippen LogP contribution in [0.25, 0.3) is 0 Å². The summed E-state index contributed by atoms with van der Waals surface area (Å²) in [5, 5.41) is 0. The number of benzene rings is 2. The van der Waals surface area contributed by atoms with Crippen molar-refractivity contribution in [2.75, 3.05) is 0 Å². The normalized spacial score (nSPS) is 10.4. The molecule has 2 aromatic carbocycles. The molecule has 0 heterocycles. The van der Waals surface area contributed by atoms with E-state index in [1.165, 1.54) is 0 Å². The second-order valence-corrected chi connectivity index (χ2v) is 5.85. The lowest BCUT2D eigenvalue weighted by atomic mass is 10.3. The predicted octanol–water partition coefficient (Wildman–Crippen LogP) is 4.25. The SMILES string of the molecule is O=S(Oc1ccc(Br)cc1)Oc1ccc(Br)cc1. The van der Waals surface area contributed by atoms with Crippen molar-refractivity contribution in [3.8, 4) is 11.5 Å². The van der Waals surface area contributed by atoms with Gasteiger partial charge in [0.05, 0.1) is 0 Å². The standard InChI is InChI=1S/C12H8Br2O3S/c13-9-1-5-11(6-2-9)16-18(15)17-12-7-3-10(14)4-8-12/h1-8H. The van der Waals surface area contributed by atoms with Crippen LogP contribution in [0.2, 0.25) is 0 Å². The highest BCUT2D eigenvalue weighted by atomic mass is 79.9. The molecule has 6 heteroatoms. The van der Waals surface area contributed by atoms with Crippen LogP contribution in [0, 0.1) is 0 Å². The monoisotopic (exact) mass is 390 g/mol. The lowest BCUT2D eigenvalue weighted by Gasteiger charge is -2.05. The minimum absolute atomic E-state index is 0.480. The second-order valence-electron chi connectivity index (χ2n) is 3.28. The molecule has 0 atom stereocenters. The smallest absolute Gasteiger partial charge is 0.371 e. The maximum atomic E-state index is 11.6.